The molecule has 1 aromatic heterocycles. The molecule has 1 aromatic rings. The van der Waals surface area contributed by atoms with Crippen molar-refractivity contribution in [3.63, 3.8) is 0 Å². The van der Waals surface area contributed by atoms with E-state index >= 15 is 0 Å². The molecule has 0 radical (unpaired) electrons. The number of hydrogen-bond donors (Lipinski definition) is 2. The van der Waals surface area contributed by atoms with Crippen molar-refractivity contribution in [2.24, 2.45) is 0 Å². The molecule has 1 unspecified atom stereocenters. The number of likely N-dealkylation sites (N-methyl/N-ethyl adjacent to an activating group) is 1. The van der Waals surface area contributed by atoms with Gasteiger partial charge in [-0.05, 0) is 19.5 Å². The maximum Gasteiger partial charge on any atom is 0.328 e. The summed E-state index contributed by atoms with van der Waals surface area (Å²) in [6, 6.07) is 3.48. The first kappa shape index (κ1) is 10.7. The molecule has 2 N–H and O–H groups in total. The van der Waals surface area contributed by atoms with Crippen LogP contribution >= 0.6 is 0 Å². The molecular formula is C10H14N2O2. The first-order chi connectivity index (χ1) is 6.61. The van der Waals surface area contributed by atoms with Gasteiger partial charge in [-0.1, -0.05) is 13.0 Å². The van der Waals surface area contributed by atoms with Crippen LogP contribution < -0.4 is 5.32 Å². The van der Waals surface area contributed by atoms with Crippen molar-refractivity contribution in [2.45, 2.75) is 19.4 Å². The molecule has 76 valence electrons. The van der Waals surface area contributed by atoms with Gasteiger partial charge in [0.1, 0.15) is 5.54 Å². The van der Waals surface area contributed by atoms with Crippen LogP contribution in [0.15, 0.2) is 24.5 Å². The Labute approximate surface area is 83.0 Å². The molecule has 0 aromatic carbocycles. The average Bonchev–Trinajstić information content (AvgIpc) is 2.19. The lowest BCUT2D eigenvalue weighted by molar-refractivity contribution is -0.144. The third-order valence-corrected chi connectivity index (χ3v) is 2.20. The van der Waals surface area contributed by atoms with E-state index in [1.807, 2.05) is 6.92 Å². The summed E-state index contributed by atoms with van der Waals surface area (Å²) in [5, 5.41) is 12.1. The first-order valence-corrected chi connectivity index (χ1v) is 4.50. The van der Waals surface area contributed by atoms with E-state index < -0.39 is 11.5 Å². The molecule has 0 aliphatic heterocycles. The fourth-order valence-corrected chi connectivity index (χ4v) is 1.31. The lowest BCUT2D eigenvalue weighted by atomic mass is 9.94. The molecule has 0 aliphatic carbocycles. The summed E-state index contributed by atoms with van der Waals surface area (Å²) in [5.41, 5.74) is -0.391. The molecule has 1 rings (SSSR count). The van der Waals surface area contributed by atoms with Gasteiger partial charge >= 0.3 is 5.97 Å². The smallest absolute Gasteiger partial charge is 0.328 e. The Morgan fingerprint density at radius 3 is 2.86 bits per heavy atom. The van der Waals surface area contributed by atoms with Gasteiger partial charge in [0.15, 0.2) is 0 Å². The van der Waals surface area contributed by atoms with Crippen LogP contribution in [-0.2, 0) is 10.3 Å². The highest BCUT2D eigenvalue weighted by Crippen LogP contribution is 2.19. The normalized spacial score (nSPS) is 14.7. The molecule has 1 heterocycles. The minimum Gasteiger partial charge on any atom is -0.480 e. The molecule has 1 atom stereocenters. The van der Waals surface area contributed by atoms with Crippen molar-refractivity contribution in [1.29, 1.82) is 0 Å². The number of carboxylic acid groups (broad SMARTS) is 1. The van der Waals surface area contributed by atoms with Gasteiger partial charge in [0.25, 0.3) is 0 Å². The standard InChI is InChI=1S/C10H14N2O2/c1-3-12-10(2,9(13)14)8-5-4-6-11-7-8/h4-7,12H,3H2,1-2H3,(H,13,14). The quantitative estimate of drug-likeness (QED) is 0.750. The van der Waals surface area contributed by atoms with E-state index in [0.717, 1.165) is 0 Å². The predicted molar refractivity (Wildman–Crippen MR) is 52.9 cm³/mol. The average molecular weight is 194 g/mol. The van der Waals surface area contributed by atoms with Gasteiger partial charge in [-0.25, -0.2) is 4.79 Å². The monoisotopic (exact) mass is 194 g/mol. The summed E-state index contributed by atoms with van der Waals surface area (Å²) < 4.78 is 0. The first-order valence-electron chi connectivity index (χ1n) is 4.50. The number of pyridine rings is 1. The minimum absolute atomic E-state index is 0.595. The Morgan fingerprint density at radius 1 is 1.71 bits per heavy atom. The van der Waals surface area contributed by atoms with Crippen molar-refractivity contribution >= 4 is 5.97 Å². The zero-order chi connectivity index (χ0) is 10.6. The van der Waals surface area contributed by atoms with Crippen molar-refractivity contribution in [3.05, 3.63) is 30.1 Å². The fraction of sp³-hybridized carbons (Fsp3) is 0.400. The summed E-state index contributed by atoms with van der Waals surface area (Å²) in [7, 11) is 0. The summed E-state index contributed by atoms with van der Waals surface area (Å²) in [4.78, 5) is 15.0. The molecule has 0 fully saturated rings. The van der Waals surface area contributed by atoms with Crippen molar-refractivity contribution in [2.75, 3.05) is 6.54 Å². The third kappa shape index (κ3) is 1.90. The summed E-state index contributed by atoms with van der Waals surface area (Å²) in [6.45, 7) is 4.10. The summed E-state index contributed by atoms with van der Waals surface area (Å²) in [6.07, 6.45) is 3.19. The van der Waals surface area contributed by atoms with Crippen LogP contribution in [0.4, 0.5) is 0 Å². The van der Waals surface area contributed by atoms with Crippen LogP contribution in [0.5, 0.6) is 0 Å². The zero-order valence-electron chi connectivity index (χ0n) is 8.32. The molecule has 0 saturated carbocycles. The molecular weight excluding hydrogens is 180 g/mol. The molecule has 4 nitrogen and oxygen atoms in total. The zero-order valence-corrected chi connectivity index (χ0v) is 8.32. The van der Waals surface area contributed by atoms with Gasteiger partial charge < -0.3 is 5.11 Å². The van der Waals surface area contributed by atoms with E-state index in [0.29, 0.717) is 12.1 Å². The van der Waals surface area contributed by atoms with Crippen molar-refractivity contribution in [3.8, 4) is 0 Å². The van der Waals surface area contributed by atoms with Gasteiger partial charge in [-0.3, -0.25) is 10.3 Å². The van der Waals surface area contributed by atoms with E-state index in [9.17, 15) is 4.79 Å². The predicted octanol–water partition coefficient (Wildman–Crippen LogP) is 0.991. The van der Waals surface area contributed by atoms with Crippen molar-refractivity contribution in [1.82, 2.24) is 10.3 Å². The lowest BCUT2D eigenvalue weighted by Crippen LogP contribution is -2.46. The maximum absolute atomic E-state index is 11.1. The summed E-state index contributed by atoms with van der Waals surface area (Å²) in [5.74, 6) is -0.896. The number of aromatic nitrogens is 1. The van der Waals surface area contributed by atoms with Gasteiger partial charge in [-0.15, -0.1) is 0 Å². The number of nitrogens with one attached hydrogen (secondary N) is 1. The van der Waals surface area contributed by atoms with E-state index in [2.05, 4.69) is 10.3 Å². The highest BCUT2D eigenvalue weighted by atomic mass is 16.4. The Kier molecular flexibility index (Phi) is 3.19. The highest BCUT2D eigenvalue weighted by molar-refractivity contribution is 5.80. The van der Waals surface area contributed by atoms with E-state index in [4.69, 9.17) is 5.11 Å². The van der Waals surface area contributed by atoms with Crippen LogP contribution in [0.2, 0.25) is 0 Å². The second-order valence-electron chi connectivity index (χ2n) is 3.20. The fourth-order valence-electron chi connectivity index (χ4n) is 1.31. The number of hydrogen-bond acceptors (Lipinski definition) is 3. The largest absolute Gasteiger partial charge is 0.480 e. The van der Waals surface area contributed by atoms with Crippen LogP contribution in [0, 0.1) is 0 Å². The molecule has 0 bridgehead atoms. The molecule has 14 heavy (non-hydrogen) atoms. The molecule has 0 aliphatic rings. The van der Waals surface area contributed by atoms with Gasteiger partial charge in [0, 0.05) is 18.0 Å². The minimum atomic E-state index is -1.05. The van der Waals surface area contributed by atoms with Gasteiger partial charge in [0.2, 0.25) is 0 Å². The Balaban J connectivity index is 3.06. The molecule has 0 amide bonds. The Hall–Kier alpha value is -1.42. The number of aliphatic carboxylic acids is 1. The highest BCUT2D eigenvalue weighted by Gasteiger charge is 2.34. The van der Waals surface area contributed by atoms with Crippen LogP contribution in [0.1, 0.15) is 19.4 Å². The third-order valence-electron chi connectivity index (χ3n) is 2.20. The number of carboxylic acids is 1. The Bertz CT molecular complexity index is 313. The van der Waals surface area contributed by atoms with Crippen LogP contribution in [0.25, 0.3) is 0 Å². The number of nitrogens with zero attached hydrogens (tertiary/aromatic N) is 1. The SMILES string of the molecule is CCNC(C)(C(=O)O)c1cccnc1. The van der Waals surface area contributed by atoms with Gasteiger partial charge in [-0.2, -0.15) is 0 Å². The second kappa shape index (κ2) is 4.19. The van der Waals surface area contributed by atoms with Crippen LogP contribution in [-0.4, -0.2) is 22.6 Å². The molecule has 0 spiro atoms. The van der Waals surface area contributed by atoms with Crippen molar-refractivity contribution < 1.29 is 9.90 Å². The van der Waals surface area contributed by atoms with E-state index in [-0.39, 0.29) is 0 Å². The van der Waals surface area contributed by atoms with E-state index in [1.165, 1.54) is 0 Å². The summed E-state index contributed by atoms with van der Waals surface area (Å²) >= 11 is 0. The second-order valence-corrected chi connectivity index (χ2v) is 3.20. The molecule has 4 heteroatoms. The topological polar surface area (TPSA) is 62.2 Å². The van der Waals surface area contributed by atoms with E-state index in [1.54, 1.807) is 31.5 Å². The maximum atomic E-state index is 11.1. The van der Waals surface area contributed by atoms with Gasteiger partial charge in [0.05, 0.1) is 0 Å². The molecule has 0 saturated heterocycles. The van der Waals surface area contributed by atoms with Crippen LogP contribution in [0.3, 0.4) is 0 Å². The number of carbonyl (C=O) groups is 1. The lowest BCUT2D eigenvalue weighted by Gasteiger charge is -2.25. The Morgan fingerprint density at radius 2 is 2.43 bits per heavy atom. The number of rotatable bonds is 4.